The van der Waals surface area contributed by atoms with Crippen LogP contribution in [0.15, 0.2) is 0 Å². The molecular weight excluding hydrogens is 172 g/mol. The molecule has 0 rings (SSSR count). The number of rotatable bonds is 7. The van der Waals surface area contributed by atoms with Gasteiger partial charge in [0.2, 0.25) is 0 Å². The molecular formula is C13H26O. The van der Waals surface area contributed by atoms with Gasteiger partial charge in [-0.1, -0.05) is 47.5 Å². The minimum Gasteiger partial charge on any atom is -0.299 e. The van der Waals surface area contributed by atoms with Gasteiger partial charge < -0.3 is 0 Å². The summed E-state index contributed by atoms with van der Waals surface area (Å²) in [5.41, 5.74) is 0. The lowest BCUT2D eigenvalue weighted by molar-refractivity contribution is -0.126. The molecule has 1 nitrogen and oxygen atoms in total. The van der Waals surface area contributed by atoms with E-state index in [-0.39, 0.29) is 5.92 Å². The number of ketones is 1. The van der Waals surface area contributed by atoms with Crippen molar-refractivity contribution in [3.8, 4) is 0 Å². The zero-order chi connectivity index (χ0) is 11.1. The first-order valence-electron chi connectivity index (χ1n) is 6.02. The van der Waals surface area contributed by atoms with Gasteiger partial charge in [0.15, 0.2) is 0 Å². The van der Waals surface area contributed by atoms with Gasteiger partial charge >= 0.3 is 0 Å². The maximum Gasteiger partial charge on any atom is 0.138 e. The van der Waals surface area contributed by atoms with Crippen molar-refractivity contribution in [1.82, 2.24) is 0 Å². The number of carbonyl (C=O) groups excluding carboxylic acids is 1. The molecule has 0 amide bonds. The van der Waals surface area contributed by atoms with Gasteiger partial charge in [0.1, 0.15) is 5.78 Å². The molecule has 0 aromatic rings. The summed E-state index contributed by atoms with van der Waals surface area (Å²) in [6, 6.07) is 0. The summed E-state index contributed by atoms with van der Waals surface area (Å²) in [5.74, 6) is 1.62. The Morgan fingerprint density at radius 1 is 1.14 bits per heavy atom. The second-order valence-corrected chi connectivity index (χ2v) is 5.03. The van der Waals surface area contributed by atoms with Crippen LogP contribution in [0, 0.1) is 17.8 Å². The molecule has 0 saturated heterocycles. The molecule has 0 bridgehead atoms. The zero-order valence-electron chi connectivity index (χ0n) is 10.5. The lowest BCUT2D eigenvalue weighted by Gasteiger charge is -2.19. The van der Waals surface area contributed by atoms with Crippen LogP contribution in [-0.4, -0.2) is 5.78 Å². The Kier molecular flexibility index (Phi) is 6.86. The molecule has 0 radical (unpaired) electrons. The van der Waals surface area contributed by atoms with Crippen LogP contribution in [0.25, 0.3) is 0 Å². The van der Waals surface area contributed by atoms with Crippen LogP contribution in [0.5, 0.6) is 0 Å². The van der Waals surface area contributed by atoms with Crippen LogP contribution < -0.4 is 0 Å². The van der Waals surface area contributed by atoms with Crippen molar-refractivity contribution in [3.63, 3.8) is 0 Å². The van der Waals surface area contributed by atoms with Crippen molar-refractivity contribution in [2.75, 3.05) is 0 Å². The van der Waals surface area contributed by atoms with E-state index in [1.807, 2.05) is 13.8 Å². The summed E-state index contributed by atoms with van der Waals surface area (Å²) >= 11 is 0. The van der Waals surface area contributed by atoms with Crippen LogP contribution in [-0.2, 0) is 4.79 Å². The first kappa shape index (κ1) is 13.7. The number of hydrogen-bond donors (Lipinski definition) is 0. The summed E-state index contributed by atoms with van der Waals surface area (Å²) < 4.78 is 0. The fourth-order valence-electron chi connectivity index (χ4n) is 1.87. The highest BCUT2D eigenvalue weighted by Crippen LogP contribution is 2.22. The molecule has 0 aromatic carbocycles. The summed E-state index contributed by atoms with van der Waals surface area (Å²) in [6.45, 7) is 10.6. The van der Waals surface area contributed by atoms with Gasteiger partial charge in [-0.05, 0) is 18.8 Å². The molecule has 0 fully saturated rings. The summed E-state index contributed by atoms with van der Waals surface area (Å²) in [5, 5.41) is 0. The maximum atomic E-state index is 11.9. The van der Waals surface area contributed by atoms with Gasteiger partial charge in [0.05, 0.1) is 0 Å². The molecule has 84 valence electrons. The highest BCUT2D eigenvalue weighted by Gasteiger charge is 2.21. The van der Waals surface area contributed by atoms with E-state index in [1.165, 1.54) is 12.8 Å². The van der Waals surface area contributed by atoms with Crippen molar-refractivity contribution >= 4 is 5.78 Å². The zero-order valence-corrected chi connectivity index (χ0v) is 10.5. The summed E-state index contributed by atoms with van der Waals surface area (Å²) in [4.78, 5) is 11.9. The van der Waals surface area contributed by atoms with Gasteiger partial charge in [-0.25, -0.2) is 0 Å². The first-order valence-corrected chi connectivity index (χ1v) is 6.02. The molecule has 0 unspecified atom stereocenters. The van der Waals surface area contributed by atoms with Crippen LogP contribution in [0.3, 0.4) is 0 Å². The third-order valence-corrected chi connectivity index (χ3v) is 2.63. The standard InChI is InChI=1S/C13H26O/c1-6-7-8-12(9-10(2)3)13(14)11(4)5/h10-12H,6-9H2,1-5H3/t12-/m1/s1. The maximum absolute atomic E-state index is 11.9. The van der Waals surface area contributed by atoms with E-state index in [4.69, 9.17) is 0 Å². The molecule has 0 N–H and O–H groups in total. The van der Waals surface area contributed by atoms with Crippen molar-refractivity contribution in [2.45, 2.75) is 60.3 Å². The van der Waals surface area contributed by atoms with Gasteiger partial charge in [-0.2, -0.15) is 0 Å². The minimum absolute atomic E-state index is 0.204. The van der Waals surface area contributed by atoms with E-state index >= 15 is 0 Å². The van der Waals surface area contributed by atoms with Crippen LogP contribution in [0.4, 0.5) is 0 Å². The fourth-order valence-corrected chi connectivity index (χ4v) is 1.87. The van der Waals surface area contributed by atoms with Crippen molar-refractivity contribution < 1.29 is 4.79 Å². The van der Waals surface area contributed by atoms with Crippen LogP contribution in [0.1, 0.15) is 60.3 Å². The van der Waals surface area contributed by atoms with Gasteiger partial charge in [0.25, 0.3) is 0 Å². The molecule has 0 heterocycles. The third-order valence-electron chi connectivity index (χ3n) is 2.63. The first-order chi connectivity index (χ1) is 6.49. The predicted molar refractivity (Wildman–Crippen MR) is 62.3 cm³/mol. The molecule has 0 aliphatic rings. The average molecular weight is 198 g/mol. The number of hydrogen-bond acceptors (Lipinski definition) is 1. The average Bonchev–Trinajstić information content (AvgIpc) is 2.10. The molecule has 0 aliphatic carbocycles. The molecule has 0 aliphatic heterocycles. The van der Waals surface area contributed by atoms with Crippen molar-refractivity contribution in [2.24, 2.45) is 17.8 Å². The van der Waals surface area contributed by atoms with Crippen LogP contribution >= 0.6 is 0 Å². The van der Waals surface area contributed by atoms with E-state index in [9.17, 15) is 4.79 Å². The Labute approximate surface area is 89.3 Å². The predicted octanol–water partition coefficient (Wildman–Crippen LogP) is 4.06. The van der Waals surface area contributed by atoms with Crippen LogP contribution in [0.2, 0.25) is 0 Å². The van der Waals surface area contributed by atoms with E-state index in [0.29, 0.717) is 17.6 Å². The molecule has 0 aromatic heterocycles. The van der Waals surface area contributed by atoms with E-state index in [0.717, 1.165) is 12.8 Å². The van der Waals surface area contributed by atoms with Gasteiger partial charge in [-0.15, -0.1) is 0 Å². The summed E-state index contributed by atoms with van der Waals surface area (Å²) in [6.07, 6.45) is 4.54. The smallest absolute Gasteiger partial charge is 0.138 e. The molecule has 1 heteroatoms. The Morgan fingerprint density at radius 3 is 2.07 bits per heavy atom. The quantitative estimate of drug-likeness (QED) is 0.603. The lowest BCUT2D eigenvalue weighted by Crippen LogP contribution is -2.21. The number of Topliss-reactive ketones (excluding diaryl/α,β-unsaturated/α-hetero) is 1. The fraction of sp³-hybridized carbons (Fsp3) is 0.923. The Hall–Kier alpha value is -0.330. The minimum atomic E-state index is 0.204. The number of carbonyl (C=O) groups is 1. The Morgan fingerprint density at radius 2 is 1.71 bits per heavy atom. The topological polar surface area (TPSA) is 17.1 Å². The van der Waals surface area contributed by atoms with Crippen molar-refractivity contribution in [1.29, 1.82) is 0 Å². The molecule has 1 atom stereocenters. The molecule has 0 saturated carbocycles. The second-order valence-electron chi connectivity index (χ2n) is 5.03. The lowest BCUT2D eigenvalue weighted by atomic mass is 9.85. The number of unbranched alkanes of at least 4 members (excludes halogenated alkanes) is 1. The molecule has 0 spiro atoms. The Balaban J connectivity index is 4.15. The van der Waals surface area contributed by atoms with E-state index < -0.39 is 0 Å². The van der Waals surface area contributed by atoms with Gasteiger partial charge in [-0.3, -0.25) is 4.79 Å². The highest BCUT2D eigenvalue weighted by molar-refractivity contribution is 5.82. The SMILES string of the molecule is CCCC[C@H](CC(C)C)C(=O)C(C)C. The van der Waals surface area contributed by atoms with E-state index in [2.05, 4.69) is 20.8 Å². The normalized spacial score (nSPS) is 13.6. The monoisotopic (exact) mass is 198 g/mol. The van der Waals surface area contributed by atoms with Gasteiger partial charge in [0, 0.05) is 11.8 Å². The second kappa shape index (κ2) is 7.03. The Bertz CT molecular complexity index is 159. The summed E-state index contributed by atoms with van der Waals surface area (Å²) in [7, 11) is 0. The largest absolute Gasteiger partial charge is 0.299 e. The van der Waals surface area contributed by atoms with Crippen molar-refractivity contribution in [3.05, 3.63) is 0 Å². The third kappa shape index (κ3) is 5.41. The highest BCUT2D eigenvalue weighted by atomic mass is 16.1. The molecule has 14 heavy (non-hydrogen) atoms. The van der Waals surface area contributed by atoms with E-state index in [1.54, 1.807) is 0 Å².